The molecule has 1 amide bonds. The molecule has 1 fully saturated rings. The lowest BCUT2D eigenvalue weighted by atomic mass is 9.99. The van der Waals surface area contributed by atoms with Gasteiger partial charge in [-0.25, -0.2) is 0 Å². The summed E-state index contributed by atoms with van der Waals surface area (Å²) in [7, 11) is 1.88. The van der Waals surface area contributed by atoms with Crippen molar-refractivity contribution in [3.8, 4) is 0 Å². The van der Waals surface area contributed by atoms with Crippen LogP contribution in [0.4, 0.5) is 26.3 Å². The minimum absolute atomic E-state index is 0.0299. The fourth-order valence-electron chi connectivity index (χ4n) is 4.30. The third-order valence-electron chi connectivity index (χ3n) is 5.88. The lowest BCUT2D eigenvalue weighted by Crippen LogP contribution is -2.54. The monoisotopic (exact) mass is 469 g/mol. The average Bonchev–Trinajstić information content (AvgIpc) is 3.08. The number of aromatic nitrogens is 1. The number of alkyl halides is 6. The molecule has 1 saturated heterocycles. The lowest BCUT2D eigenvalue weighted by Gasteiger charge is -2.36. The van der Waals surface area contributed by atoms with Crippen molar-refractivity contribution >= 4 is 16.8 Å². The Morgan fingerprint density at radius 2 is 1.67 bits per heavy atom. The van der Waals surface area contributed by atoms with Crippen molar-refractivity contribution in [3.63, 3.8) is 0 Å². The molecular formula is C23H21F6N3O. The Morgan fingerprint density at radius 1 is 1.03 bits per heavy atom. The van der Waals surface area contributed by atoms with Crippen molar-refractivity contribution in [2.75, 3.05) is 19.6 Å². The molecule has 0 spiro atoms. The highest BCUT2D eigenvalue weighted by molar-refractivity contribution is 5.95. The maximum atomic E-state index is 13.3. The molecule has 4 rings (SSSR count). The van der Waals surface area contributed by atoms with E-state index in [2.05, 4.69) is 5.32 Å². The second kappa shape index (κ2) is 8.40. The molecule has 0 radical (unpaired) electrons. The lowest BCUT2D eigenvalue weighted by molar-refractivity contribution is -0.143. The van der Waals surface area contributed by atoms with E-state index in [0.717, 1.165) is 16.5 Å². The van der Waals surface area contributed by atoms with E-state index in [4.69, 9.17) is 0 Å². The highest BCUT2D eigenvalue weighted by Crippen LogP contribution is 2.37. The predicted molar refractivity (Wildman–Crippen MR) is 111 cm³/mol. The average molecular weight is 469 g/mol. The van der Waals surface area contributed by atoms with E-state index in [-0.39, 0.29) is 12.6 Å². The molecule has 0 bridgehead atoms. The summed E-state index contributed by atoms with van der Waals surface area (Å²) >= 11 is 0. The van der Waals surface area contributed by atoms with Crippen molar-refractivity contribution in [2.24, 2.45) is 7.05 Å². The molecule has 2 aromatic carbocycles. The standard InChI is InChI=1S/C23H21F6N3O/c1-31-13-15(19-4-2-3-5-20(19)31)10-18-12-30-6-7-32(18)21(33)14-8-16(22(24,25)26)11-17(9-14)23(27,28)29/h2-5,8-9,11,13,18,30H,6-7,10,12H2,1H3. The van der Waals surface area contributed by atoms with Gasteiger partial charge in [0, 0.05) is 55.4 Å². The van der Waals surface area contributed by atoms with E-state index >= 15 is 0 Å². The number of rotatable bonds is 3. The van der Waals surface area contributed by atoms with Crippen molar-refractivity contribution in [3.05, 3.63) is 70.9 Å². The Balaban J connectivity index is 1.69. The number of para-hydroxylation sites is 1. The number of amides is 1. The van der Waals surface area contributed by atoms with E-state index in [1.54, 1.807) is 0 Å². The maximum Gasteiger partial charge on any atom is 0.416 e. The van der Waals surface area contributed by atoms with E-state index in [1.165, 1.54) is 4.90 Å². The van der Waals surface area contributed by atoms with Gasteiger partial charge in [-0.2, -0.15) is 26.3 Å². The zero-order valence-electron chi connectivity index (χ0n) is 17.6. The van der Waals surface area contributed by atoms with Crippen LogP contribution in [0.3, 0.4) is 0 Å². The van der Waals surface area contributed by atoms with Crippen LogP contribution in [0, 0.1) is 0 Å². The van der Waals surface area contributed by atoms with Crippen molar-refractivity contribution in [1.29, 1.82) is 0 Å². The summed E-state index contributed by atoms with van der Waals surface area (Å²) in [5.74, 6) is -0.849. The van der Waals surface area contributed by atoms with Gasteiger partial charge in [0.05, 0.1) is 11.1 Å². The van der Waals surface area contributed by atoms with Gasteiger partial charge in [0.25, 0.3) is 5.91 Å². The molecule has 2 heterocycles. The molecule has 1 unspecified atom stereocenters. The van der Waals surface area contributed by atoms with Gasteiger partial charge in [-0.3, -0.25) is 4.79 Å². The molecule has 0 saturated carbocycles. The van der Waals surface area contributed by atoms with Gasteiger partial charge in [0.1, 0.15) is 0 Å². The van der Waals surface area contributed by atoms with Crippen LogP contribution in [0.5, 0.6) is 0 Å². The van der Waals surface area contributed by atoms with Crippen LogP contribution in [0.2, 0.25) is 0 Å². The number of carbonyl (C=O) groups is 1. The first kappa shape index (κ1) is 23.2. The number of nitrogens with one attached hydrogen (secondary N) is 1. The number of benzene rings is 2. The summed E-state index contributed by atoms with van der Waals surface area (Å²) in [6.07, 6.45) is -7.69. The van der Waals surface area contributed by atoms with Crippen LogP contribution in [0.15, 0.2) is 48.7 Å². The summed E-state index contributed by atoms with van der Waals surface area (Å²) in [4.78, 5) is 14.6. The van der Waals surface area contributed by atoms with Gasteiger partial charge >= 0.3 is 12.4 Å². The SMILES string of the molecule is Cn1cc(CC2CNCCN2C(=O)c2cc(C(F)(F)F)cc(C(F)(F)F)c2)c2ccccc21. The number of hydrogen-bond acceptors (Lipinski definition) is 2. The highest BCUT2D eigenvalue weighted by Gasteiger charge is 2.38. The van der Waals surface area contributed by atoms with Gasteiger partial charge in [0.2, 0.25) is 0 Å². The number of hydrogen-bond donors (Lipinski definition) is 1. The molecular weight excluding hydrogens is 448 g/mol. The Hall–Kier alpha value is -3.01. The molecule has 33 heavy (non-hydrogen) atoms. The third kappa shape index (κ3) is 4.71. The second-order valence-corrected chi connectivity index (χ2v) is 8.14. The van der Waals surface area contributed by atoms with Gasteiger partial charge in [0.15, 0.2) is 0 Å². The first-order valence-electron chi connectivity index (χ1n) is 10.3. The van der Waals surface area contributed by atoms with E-state index in [1.807, 2.05) is 42.1 Å². The van der Waals surface area contributed by atoms with Gasteiger partial charge in [-0.15, -0.1) is 0 Å². The molecule has 1 aromatic heterocycles. The van der Waals surface area contributed by atoms with Crippen molar-refractivity contribution < 1.29 is 31.1 Å². The van der Waals surface area contributed by atoms with E-state index in [9.17, 15) is 31.1 Å². The summed E-state index contributed by atoms with van der Waals surface area (Å²) in [6, 6.07) is 8.26. The molecule has 1 atom stereocenters. The minimum atomic E-state index is -5.01. The van der Waals surface area contributed by atoms with Gasteiger partial charge in [-0.1, -0.05) is 18.2 Å². The molecule has 176 valence electrons. The topological polar surface area (TPSA) is 37.3 Å². The number of carbonyl (C=O) groups excluding carboxylic acids is 1. The molecule has 10 heteroatoms. The first-order valence-corrected chi connectivity index (χ1v) is 10.3. The van der Waals surface area contributed by atoms with Crippen LogP contribution >= 0.6 is 0 Å². The third-order valence-corrected chi connectivity index (χ3v) is 5.88. The van der Waals surface area contributed by atoms with Crippen LogP contribution in [-0.4, -0.2) is 41.1 Å². The number of nitrogens with zero attached hydrogens (tertiary/aromatic N) is 2. The molecule has 4 nitrogen and oxygen atoms in total. The van der Waals surface area contributed by atoms with Crippen molar-refractivity contribution in [1.82, 2.24) is 14.8 Å². The first-order chi connectivity index (χ1) is 15.4. The highest BCUT2D eigenvalue weighted by atomic mass is 19.4. The zero-order valence-corrected chi connectivity index (χ0v) is 17.6. The normalized spacial score (nSPS) is 17.5. The number of piperazine rings is 1. The van der Waals surface area contributed by atoms with Gasteiger partial charge < -0.3 is 14.8 Å². The maximum absolute atomic E-state index is 13.3. The number of fused-ring (bicyclic) bond motifs is 1. The number of halogens is 6. The quantitative estimate of drug-likeness (QED) is 0.556. The van der Waals surface area contributed by atoms with E-state index in [0.29, 0.717) is 31.6 Å². The Labute approximate surface area is 185 Å². The molecule has 1 aliphatic heterocycles. The summed E-state index contributed by atoms with van der Waals surface area (Å²) in [5, 5.41) is 4.14. The predicted octanol–water partition coefficient (Wildman–Crippen LogP) is 4.87. The summed E-state index contributed by atoms with van der Waals surface area (Å²) < 4.78 is 81.5. The largest absolute Gasteiger partial charge is 0.416 e. The second-order valence-electron chi connectivity index (χ2n) is 8.14. The number of aryl methyl sites for hydroxylation is 1. The van der Waals surface area contributed by atoms with Crippen LogP contribution in [0.1, 0.15) is 27.0 Å². The van der Waals surface area contributed by atoms with E-state index < -0.39 is 41.0 Å². The molecule has 0 aliphatic carbocycles. The Kier molecular flexibility index (Phi) is 5.90. The molecule has 1 N–H and O–H groups in total. The van der Waals surface area contributed by atoms with Crippen molar-refractivity contribution in [2.45, 2.75) is 24.8 Å². The smallest absolute Gasteiger partial charge is 0.350 e. The Morgan fingerprint density at radius 3 is 2.30 bits per heavy atom. The fraction of sp³-hybridized carbons (Fsp3) is 0.348. The van der Waals surface area contributed by atoms with Crippen LogP contribution in [-0.2, 0) is 25.8 Å². The van der Waals surface area contributed by atoms with Crippen LogP contribution < -0.4 is 5.32 Å². The molecule has 1 aliphatic rings. The van der Waals surface area contributed by atoms with Gasteiger partial charge in [-0.05, 0) is 36.2 Å². The zero-order chi connectivity index (χ0) is 24.0. The summed E-state index contributed by atoms with van der Waals surface area (Å²) in [5.41, 5.74) is -1.69. The Bertz CT molecular complexity index is 1150. The minimum Gasteiger partial charge on any atom is -0.350 e. The molecule has 3 aromatic rings. The summed E-state index contributed by atoms with van der Waals surface area (Å²) in [6.45, 7) is 0.939. The fourth-order valence-corrected chi connectivity index (χ4v) is 4.30. The van der Waals surface area contributed by atoms with Crippen LogP contribution in [0.25, 0.3) is 10.9 Å².